The number of hydrogen-bond acceptors (Lipinski definition) is 5. The first-order chi connectivity index (χ1) is 15.2. The van der Waals surface area contributed by atoms with Gasteiger partial charge >= 0.3 is 0 Å². The fraction of sp³-hybridized carbons (Fsp3) is 0.435. The molecule has 1 fully saturated rings. The van der Waals surface area contributed by atoms with E-state index in [1.165, 1.54) is 4.31 Å². The number of halogens is 1. The maximum Gasteiger partial charge on any atom is 0.224 e. The highest BCUT2D eigenvalue weighted by Crippen LogP contribution is 2.30. The van der Waals surface area contributed by atoms with Crippen molar-refractivity contribution in [1.82, 2.24) is 9.62 Å². The van der Waals surface area contributed by atoms with Crippen molar-refractivity contribution in [3.8, 4) is 11.5 Å². The van der Waals surface area contributed by atoms with Crippen LogP contribution in [0.5, 0.6) is 11.5 Å². The van der Waals surface area contributed by atoms with Crippen molar-refractivity contribution in [3.63, 3.8) is 0 Å². The highest BCUT2D eigenvalue weighted by molar-refractivity contribution is 7.88. The summed E-state index contributed by atoms with van der Waals surface area (Å²) in [4.78, 5) is 13.0. The second kappa shape index (κ2) is 10.6. The molecule has 9 heteroatoms. The van der Waals surface area contributed by atoms with E-state index in [4.69, 9.17) is 21.1 Å². The molecule has 2 aromatic carbocycles. The summed E-state index contributed by atoms with van der Waals surface area (Å²) in [6, 6.07) is 11.9. The van der Waals surface area contributed by atoms with E-state index >= 15 is 0 Å². The minimum Gasteiger partial charge on any atom is -0.497 e. The van der Waals surface area contributed by atoms with E-state index in [1.807, 2.05) is 13.0 Å². The number of hydrogen-bond donors (Lipinski definition) is 1. The van der Waals surface area contributed by atoms with Gasteiger partial charge in [0.2, 0.25) is 15.9 Å². The molecular formula is C23H29ClN2O5S. The number of ether oxygens (including phenoxy) is 2. The molecule has 0 unspecified atom stereocenters. The second-order valence-corrected chi connectivity index (χ2v) is 10.3. The molecule has 1 aliphatic rings. The molecule has 1 heterocycles. The second-order valence-electron chi connectivity index (χ2n) is 7.92. The van der Waals surface area contributed by atoms with Crippen molar-refractivity contribution in [2.75, 3.05) is 27.3 Å². The summed E-state index contributed by atoms with van der Waals surface area (Å²) >= 11 is 5.99. The van der Waals surface area contributed by atoms with Crippen molar-refractivity contribution in [2.45, 2.75) is 31.6 Å². The average Bonchev–Trinajstić information content (AvgIpc) is 2.78. The molecule has 0 aliphatic carbocycles. The Morgan fingerprint density at radius 1 is 1.22 bits per heavy atom. The molecule has 1 N–H and O–H groups in total. The molecule has 0 saturated carbocycles. The first-order valence-corrected chi connectivity index (χ1v) is 12.5. The highest BCUT2D eigenvalue weighted by atomic mass is 35.5. The lowest BCUT2D eigenvalue weighted by atomic mass is 9.97. The molecule has 0 radical (unpaired) electrons. The predicted octanol–water partition coefficient (Wildman–Crippen LogP) is 3.78. The summed E-state index contributed by atoms with van der Waals surface area (Å²) in [5.74, 6) is 0.576. The monoisotopic (exact) mass is 480 g/mol. The van der Waals surface area contributed by atoms with Crippen molar-refractivity contribution < 1.29 is 22.7 Å². The Morgan fingerprint density at radius 2 is 2.00 bits per heavy atom. The van der Waals surface area contributed by atoms with Crippen LogP contribution in [0.3, 0.4) is 0 Å². The Morgan fingerprint density at radius 3 is 2.69 bits per heavy atom. The number of methoxy groups -OCH3 is 2. The van der Waals surface area contributed by atoms with E-state index in [0.717, 1.165) is 5.56 Å². The SMILES string of the molecule is COc1ccc(OC)c([C@H](C)NC(=O)[C@@H]2CCCN(S(=O)(=O)Cc3cccc(Cl)c3)C2)c1. The van der Waals surface area contributed by atoms with Gasteiger partial charge in [-0.25, -0.2) is 12.7 Å². The Bertz CT molecular complexity index is 1060. The van der Waals surface area contributed by atoms with E-state index in [1.54, 1.807) is 50.6 Å². The molecule has 0 spiro atoms. The molecule has 1 saturated heterocycles. The van der Waals surface area contributed by atoms with Crippen molar-refractivity contribution in [1.29, 1.82) is 0 Å². The van der Waals surface area contributed by atoms with Gasteiger partial charge in [-0.05, 0) is 55.7 Å². The zero-order chi connectivity index (χ0) is 23.3. The zero-order valence-corrected chi connectivity index (χ0v) is 20.1. The quantitative estimate of drug-likeness (QED) is 0.621. The van der Waals surface area contributed by atoms with Gasteiger partial charge in [-0.15, -0.1) is 0 Å². The van der Waals surface area contributed by atoms with Gasteiger partial charge in [-0.2, -0.15) is 0 Å². The molecule has 1 amide bonds. The van der Waals surface area contributed by atoms with Gasteiger partial charge in [0, 0.05) is 23.7 Å². The fourth-order valence-electron chi connectivity index (χ4n) is 3.92. The maximum atomic E-state index is 13.0. The molecule has 174 valence electrons. The lowest BCUT2D eigenvalue weighted by molar-refractivity contribution is -0.126. The van der Waals surface area contributed by atoms with Gasteiger partial charge in [0.1, 0.15) is 11.5 Å². The number of rotatable bonds is 8. The van der Waals surface area contributed by atoms with Gasteiger partial charge in [0.15, 0.2) is 0 Å². The van der Waals surface area contributed by atoms with Crippen LogP contribution in [0.1, 0.15) is 36.9 Å². The molecule has 2 aromatic rings. The van der Waals surface area contributed by atoms with E-state index in [9.17, 15) is 13.2 Å². The normalized spacial score (nSPS) is 18.1. The average molecular weight is 481 g/mol. The van der Waals surface area contributed by atoms with Crippen LogP contribution < -0.4 is 14.8 Å². The Labute approximate surface area is 194 Å². The van der Waals surface area contributed by atoms with Crippen LogP contribution >= 0.6 is 11.6 Å². The first kappa shape index (κ1) is 24.4. The number of amides is 1. The van der Waals surface area contributed by atoms with Gasteiger partial charge in [-0.1, -0.05) is 23.7 Å². The standard InChI is InChI=1S/C23H29ClN2O5S/c1-16(21-13-20(30-2)9-10-22(21)31-3)25-23(27)18-7-5-11-26(14-18)32(28,29)15-17-6-4-8-19(24)12-17/h4,6,8-10,12-13,16,18H,5,7,11,14-15H2,1-3H3,(H,25,27)/t16-,18+/m0/s1. The van der Waals surface area contributed by atoms with E-state index in [-0.39, 0.29) is 24.2 Å². The topological polar surface area (TPSA) is 84.9 Å². The van der Waals surface area contributed by atoms with Crippen LogP contribution in [-0.2, 0) is 20.6 Å². The minimum atomic E-state index is -3.56. The van der Waals surface area contributed by atoms with Crippen LogP contribution in [0.15, 0.2) is 42.5 Å². The number of nitrogens with zero attached hydrogens (tertiary/aromatic N) is 1. The molecule has 0 aromatic heterocycles. The highest BCUT2D eigenvalue weighted by Gasteiger charge is 2.33. The molecule has 7 nitrogen and oxygen atoms in total. The Balaban J connectivity index is 1.68. The first-order valence-electron chi connectivity index (χ1n) is 10.5. The number of carbonyl (C=O) groups is 1. The van der Waals surface area contributed by atoms with Gasteiger partial charge in [-0.3, -0.25) is 4.79 Å². The van der Waals surface area contributed by atoms with E-state index in [2.05, 4.69) is 5.32 Å². The summed E-state index contributed by atoms with van der Waals surface area (Å²) < 4.78 is 38.0. The molecule has 2 atom stereocenters. The molecule has 1 aliphatic heterocycles. The number of piperidine rings is 1. The molecular weight excluding hydrogens is 452 g/mol. The third-order valence-corrected chi connectivity index (χ3v) is 7.70. The smallest absolute Gasteiger partial charge is 0.224 e. The summed E-state index contributed by atoms with van der Waals surface area (Å²) in [5, 5.41) is 3.50. The molecule has 3 rings (SSSR count). The summed E-state index contributed by atoms with van der Waals surface area (Å²) in [5.41, 5.74) is 1.42. The third-order valence-electron chi connectivity index (χ3n) is 5.65. The van der Waals surface area contributed by atoms with Crippen LogP contribution in [0.25, 0.3) is 0 Å². The zero-order valence-electron chi connectivity index (χ0n) is 18.5. The number of benzene rings is 2. The number of carbonyl (C=O) groups excluding carboxylic acids is 1. The van der Waals surface area contributed by atoms with Crippen molar-refractivity contribution >= 4 is 27.5 Å². The van der Waals surface area contributed by atoms with Crippen molar-refractivity contribution in [2.24, 2.45) is 5.92 Å². The van der Waals surface area contributed by atoms with Crippen molar-refractivity contribution in [3.05, 3.63) is 58.6 Å². The predicted molar refractivity (Wildman–Crippen MR) is 124 cm³/mol. The Kier molecular flexibility index (Phi) is 8.03. The summed E-state index contributed by atoms with van der Waals surface area (Å²) in [6.45, 7) is 2.44. The summed E-state index contributed by atoms with van der Waals surface area (Å²) in [6.07, 6.45) is 1.26. The molecule has 32 heavy (non-hydrogen) atoms. The van der Waals surface area contributed by atoms with Crippen LogP contribution in [0.4, 0.5) is 0 Å². The third kappa shape index (κ3) is 5.94. The fourth-order valence-corrected chi connectivity index (χ4v) is 5.74. The van der Waals surface area contributed by atoms with Gasteiger partial charge < -0.3 is 14.8 Å². The minimum absolute atomic E-state index is 0.140. The van der Waals surface area contributed by atoms with Crippen LogP contribution in [0.2, 0.25) is 5.02 Å². The van der Waals surface area contributed by atoms with Crippen LogP contribution in [-0.4, -0.2) is 45.9 Å². The largest absolute Gasteiger partial charge is 0.497 e. The summed E-state index contributed by atoms with van der Waals surface area (Å²) in [7, 11) is -0.410. The maximum absolute atomic E-state index is 13.0. The van der Waals surface area contributed by atoms with Gasteiger partial charge in [0.25, 0.3) is 0 Å². The number of nitrogens with one attached hydrogen (secondary N) is 1. The lowest BCUT2D eigenvalue weighted by Crippen LogP contribution is -2.46. The van der Waals surface area contributed by atoms with E-state index in [0.29, 0.717) is 41.5 Å². The lowest BCUT2D eigenvalue weighted by Gasteiger charge is -2.32. The van der Waals surface area contributed by atoms with Gasteiger partial charge in [0.05, 0.1) is 31.9 Å². The van der Waals surface area contributed by atoms with Crippen LogP contribution in [0, 0.1) is 5.92 Å². The van der Waals surface area contributed by atoms with E-state index < -0.39 is 15.9 Å². The molecule has 0 bridgehead atoms. The number of sulfonamides is 1. The Hall–Kier alpha value is -2.29.